The second-order valence-electron chi connectivity index (χ2n) is 8.77. The molecular formula is C27H24NO2+. The minimum atomic E-state index is 0.439. The fourth-order valence-corrected chi connectivity index (χ4v) is 4.99. The molecule has 0 saturated heterocycles. The van der Waals surface area contributed by atoms with E-state index in [0.29, 0.717) is 5.92 Å². The Morgan fingerprint density at radius 1 is 0.933 bits per heavy atom. The lowest BCUT2D eigenvalue weighted by molar-refractivity contribution is -0.659. The summed E-state index contributed by atoms with van der Waals surface area (Å²) in [5.74, 6) is 2.29. The van der Waals surface area contributed by atoms with Crippen LogP contribution in [-0.2, 0) is 7.05 Å². The van der Waals surface area contributed by atoms with Crippen LogP contribution in [0.25, 0.3) is 44.0 Å². The average Bonchev–Trinajstić information content (AvgIpc) is 3.13. The number of pyridine rings is 1. The molecule has 0 amide bonds. The molecule has 0 N–H and O–H groups in total. The topological polar surface area (TPSA) is 26.2 Å². The van der Waals surface area contributed by atoms with Crippen LogP contribution in [0.4, 0.5) is 0 Å². The second-order valence-corrected chi connectivity index (χ2v) is 8.77. The van der Waals surface area contributed by atoms with Crippen molar-refractivity contribution < 1.29 is 13.7 Å². The Labute approximate surface area is 175 Å². The zero-order valence-corrected chi connectivity index (χ0v) is 18.0. The van der Waals surface area contributed by atoms with Crippen LogP contribution in [0.3, 0.4) is 0 Å². The van der Waals surface area contributed by atoms with E-state index in [0.717, 1.165) is 33.6 Å². The normalized spacial score (nSPS) is 12.7. The number of nitrogens with zero attached hydrogens (tertiary/aromatic N) is 1. The maximum absolute atomic E-state index is 6.64. The highest BCUT2D eigenvalue weighted by Crippen LogP contribution is 2.52. The zero-order valence-electron chi connectivity index (χ0n) is 18.0. The van der Waals surface area contributed by atoms with Crippen molar-refractivity contribution in [2.24, 2.45) is 7.05 Å². The van der Waals surface area contributed by atoms with E-state index in [4.69, 9.17) is 9.15 Å². The van der Waals surface area contributed by atoms with Gasteiger partial charge in [0.2, 0.25) is 5.69 Å². The molecule has 0 saturated carbocycles. The summed E-state index contributed by atoms with van der Waals surface area (Å²) in [4.78, 5) is 0. The highest BCUT2D eigenvalue weighted by Gasteiger charge is 2.33. The molecule has 3 heterocycles. The molecule has 3 aromatic carbocycles. The molecule has 6 rings (SSSR count). The van der Waals surface area contributed by atoms with Crippen molar-refractivity contribution in [3.8, 4) is 22.8 Å². The van der Waals surface area contributed by atoms with Gasteiger partial charge in [0.25, 0.3) is 0 Å². The lowest BCUT2D eigenvalue weighted by Gasteiger charge is -2.23. The van der Waals surface area contributed by atoms with Crippen molar-refractivity contribution in [2.45, 2.75) is 33.6 Å². The molecule has 0 spiro atoms. The van der Waals surface area contributed by atoms with Crippen LogP contribution in [-0.4, -0.2) is 0 Å². The molecule has 1 aliphatic heterocycles. The van der Waals surface area contributed by atoms with Gasteiger partial charge < -0.3 is 9.15 Å². The number of para-hydroxylation sites is 1. The Balaban J connectivity index is 1.82. The third-order valence-electron chi connectivity index (χ3n) is 6.59. The van der Waals surface area contributed by atoms with Crippen molar-refractivity contribution in [3.63, 3.8) is 0 Å². The minimum absolute atomic E-state index is 0.439. The Bertz CT molecular complexity index is 1520. The van der Waals surface area contributed by atoms with E-state index in [1.54, 1.807) is 0 Å². The van der Waals surface area contributed by atoms with Crippen molar-refractivity contribution in [1.82, 2.24) is 0 Å². The van der Waals surface area contributed by atoms with Gasteiger partial charge in [-0.1, -0.05) is 38.1 Å². The van der Waals surface area contributed by atoms with Gasteiger partial charge in [-0.25, -0.2) is 4.57 Å². The summed E-state index contributed by atoms with van der Waals surface area (Å²) in [5.41, 5.74) is 7.78. The lowest BCUT2D eigenvalue weighted by atomic mass is 9.89. The van der Waals surface area contributed by atoms with Crippen LogP contribution in [0, 0.1) is 13.8 Å². The highest BCUT2D eigenvalue weighted by molar-refractivity contribution is 6.13. The van der Waals surface area contributed by atoms with Crippen molar-refractivity contribution in [1.29, 1.82) is 0 Å². The fraction of sp³-hybridized carbons (Fsp3) is 0.222. The molecule has 0 aliphatic carbocycles. The number of furan rings is 1. The number of ether oxygens (including phenoxy) is 1. The van der Waals surface area contributed by atoms with Gasteiger partial charge in [-0.2, -0.15) is 0 Å². The van der Waals surface area contributed by atoms with Crippen molar-refractivity contribution in [2.75, 3.05) is 0 Å². The first-order valence-corrected chi connectivity index (χ1v) is 10.5. The summed E-state index contributed by atoms with van der Waals surface area (Å²) in [5, 5.41) is 4.76. The summed E-state index contributed by atoms with van der Waals surface area (Å²) in [6, 6.07) is 15.0. The molecule has 148 valence electrons. The molecule has 0 radical (unpaired) electrons. The molecule has 3 nitrogen and oxygen atoms in total. The highest BCUT2D eigenvalue weighted by atomic mass is 16.5. The van der Waals surface area contributed by atoms with E-state index in [1.807, 2.05) is 12.1 Å². The number of rotatable bonds is 1. The van der Waals surface area contributed by atoms with Crippen LogP contribution in [0.1, 0.15) is 36.5 Å². The lowest BCUT2D eigenvalue weighted by Crippen LogP contribution is -2.32. The first-order valence-electron chi connectivity index (χ1n) is 10.5. The number of fused-ring (bicyclic) bond motifs is 5. The predicted octanol–water partition coefficient (Wildman–Crippen LogP) is 7.08. The molecule has 1 aliphatic rings. The van der Waals surface area contributed by atoms with Crippen molar-refractivity contribution >= 4 is 32.7 Å². The maximum atomic E-state index is 6.64. The second kappa shape index (κ2) is 5.85. The largest absolute Gasteiger partial charge is 0.456 e. The van der Waals surface area contributed by atoms with Gasteiger partial charge in [-0.15, -0.1) is 0 Å². The van der Waals surface area contributed by atoms with E-state index >= 15 is 0 Å². The van der Waals surface area contributed by atoms with Gasteiger partial charge in [0.15, 0.2) is 6.20 Å². The van der Waals surface area contributed by atoms with Gasteiger partial charge in [-0.3, -0.25) is 0 Å². The Morgan fingerprint density at radius 2 is 1.73 bits per heavy atom. The molecule has 0 unspecified atom stereocenters. The summed E-state index contributed by atoms with van der Waals surface area (Å²) in [6.45, 7) is 8.75. The van der Waals surface area contributed by atoms with E-state index in [2.05, 4.69) is 75.8 Å². The monoisotopic (exact) mass is 394 g/mol. The Morgan fingerprint density at radius 3 is 2.53 bits per heavy atom. The first kappa shape index (κ1) is 17.5. The SMILES string of the molecule is Cc1c2c(c(C)c3c1oc1ccccc13)-c1c3c(cc(C(C)C)cc3cc[n+]1C)O2. The van der Waals surface area contributed by atoms with Gasteiger partial charge in [0.05, 0.1) is 10.9 Å². The van der Waals surface area contributed by atoms with E-state index in [-0.39, 0.29) is 0 Å². The Kier molecular flexibility index (Phi) is 3.42. The Hall–Kier alpha value is -3.33. The number of aryl methyl sites for hydroxylation is 3. The van der Waals surface area contributed by atoms with Crippen LogP contribution >= 0.6 is 0 Å². The quantitative estimate of drug-likeness (QED) is 0.279. The predicted molar refractivity (Wildman–Crippen MR) is 121 cm³/mol. The molecule has 30 heavy (non-hydrogen) atoms. The van der Waals surface area contributed by atoms with Gasteiger partial charge in [0.1, 0.15) is 29.7 Å². The molecule has 5 aromatic rings. The summed E-state index contributed by atoms with van der Waals surface area (Å²) in [7, 11) is 2.12. The molecule has 0 fully saturated rings. The third-order valence-corrected chi connectivity index (χ3v) is 6.59. The molecule has 0 bridgehead atoms. The van der Waals surface area contributed by atoms with Crippen molar-refractivity contribution in [3.05, 3.63) is 65.4 Å². The number of hydrogen-bond acceptors (Lipinski definition) is 2. The number of benzene rings is 3. The van der Waals surface area contributed by atoms with Gasteiger partial charge in [0, 0.05) is 22.4 Å². The number of hydrogen-bond donors (Lipinski definition) is 0. The van der Waals surface area contributed by atoms with Gasteiger partial charge in [-0.05, 0) is 48.4 Å². The summed E-state index contributed by atoms with van der Waals surface area (Å²) in [6.07, 6.45) is 2.16. The fourth-order valence-electron chi connectivity index (χ4n) is 4.99. The van der Waals surface area contributed by atoms with Crippen LogP contribution in [0.2, 0.25) is 0 Å². The summed E-state index contributed by atoms with van der Waals surface area (Å²) < 4.78 is 15.2. The van der Waals surface area contributed by atoms with E-state index < -0.39 is 0 Å². The molecule has 0 atom stereocenters. The smallest absolute Gasteiger partial charge is 0.228 e. The van der Waals surface area contributed by atoms with Crippen LogP contribution < -0.4 is 9.30 Å². The van der Waals surface area contributed by atoms with E-state index in [9.17, 15) is 0 Å². The minimum Gasteiger partial charge on any atom is -0.456 e. The van der Waals surface area contributed by atoms with E-state index in [1.165, 1.54) is 38.5 Å². The van der Waals surface area contributed by atoms with Crippen LogP contribution in [0.5, 0.6) is 11.5 Å². The average molecular weight is 394 g/mol. The summed E-state index contributed by atoms with van der Waals surface area (Å²) >= 11 is 0. The molecule has 2 aromatic heterocycles. The molecular weight excluding hydrogens is 370 g/mol. The third kappa shape index (κ3) is 2.12. The standard InChI is InChI=1S/C27H24NO2/c1-14(2)18-12-17-10-11-28(5)25-23-15(3)22-19-8-6-7-9-20(19)29-26(22)16(4)27(23)30-21(13-18)24(17)25/h6-14H,1-5H3/q+1. The van der Waals surface area contributed by atoms with Gasteiger partial charge >= 0.3 is 0 Å². The maximum Gasteiger partial charge on any atom is 0.228 e. The number of aromatic nitrogens is 1. The first-order chi connectivity index (χ1) is 14.5. The molecule has 3 heteroatoms. The van der Waals surface area contributed by atoms with Crippen LogP contribution in [0.15, 0.2) is 53.1 Å². The zero-order chi connectivity index (χ0) is 20.7.